The first-order valence-electron chi connectivity index (χ1n) is 8.39. The lowest BCUT2D eigenvalue weighted by Gasteiger charge is -2.51. The highest BCUT2D eigenvalue weighted by atomic mass is 16.5. The van der Waals surface area contributed by atoms with Gasteiger partial charge in [-0.15, -0.1) is 0 Å². The molecular weight excluding hydrogens is 294 g/mol. The molecule has 0 radical (unpaired) electrons. The summed E-state index contributed by atoms with van der Waals surface area (Å²) in [4.78, 5) is 26.6. The Morgan fingerprint density at radius 2 is 2.17 bits per heavy atom. The van der Waals surface area contributed by atoms with E-state index in [4.69, 9.17) is 10.00 Å². The number of hydrogen-bond acceptors (Lipinski definition) is 5. The van der Waals surface area contributed by atoms with Crippen LogP contribution in [0.5, 0.6) is 0 Å². The number of nitrogens with zero attached hydrogens (tertiary/aromatic N) is 2. The summed E-state index contributed by atoms with van der Waals surface area (Å²) in [5.41, 5.74) is -1.16. The van der Waals surface area contributed by atoms with Crippen LogP contribution < -0.4 is 5.32 Å². The van der Waals surface area contributed by atoms with Crippen molar-refractivity contribution in [2.24, 2.45) is 10.8 Å². The number of hydrogen-bond donors (Lipinski definition) is 1. The zero-order valence-corrected chi connectivity index (χ0v) is 14.1. The summed E-state index contributed by atoms with van der Waals surface area (Å²) in [6.07, 6.45) is 3.18. The summed E-state index contributed by atoms with van der Waals surface area (Å²) < 4.78 is 5.43. The van der Waals surface area contributed by atoms with E-state index in [9.17, 15) is 9.59 Å². The zero-order chi connectivity index (χ0) is 16.9. The first-order valence-corrected chi connectivity index (χ1v) is 8.39. The van der Waals surface area contributed by atoms with Gasteiger partial charge in [-0.3, -0.25) is 14.9 Å². The molecule has 1 amide bonds. The van der Waals surface area contributed by atoms with E-state index in [0.717, 1.165) is 19.3 Å². The quantitative estimate of drug-likeness (QED) is 0.791. The van der Waals surface area contributed by atoms with E-state index in [2.05, 4.69) is 32.2 Å². The predicted molar refractivity (Wildman–Crippen MR) is 83.2 cm³/mol. The van der Waals surface area contributed by atoms with Gasteiger partial charge >= 0.3 is 5.97 Å². The Kier molecular flexibility index (Phi) is 3.68. The minimum Gasteiger partial charge on any atom is -0.464 e. The van der Waals surface area contributed by atoms with Gasteiger partial charge in [0.2, 0.25) is 5.91 Å². The van der Waals surface area contributed by atoms with Crippen LogP contribution in [0, 0.1) is 22.2 Å². The molecule has 0 spiro atoms. The van der Waals surface area contributed by atoms with Crippen LogP contribution in [0.2, 0.25) is 0 Å². The van der Waals surface area contributed by atoms with E-state index < -0.39 is 5.54 Å². The van der Waals surface area contributed by atoms with Gasteiger partial charge in [0, 0.05) is 17.4 Å². The fraction of sp³-hybridized carbons (Fsp3) is 0.824. The highest BCUT2D eigenvalue weighted by molar-refractivity contribution is 5.86. The maximum absolute atomic E-state index is 12.5. The van der Waals surface area contributed by atoms with E-state index >= 15 is 0 Å². The highest BCUT2D eigenvalue weighted by Gasteiger charge is 2.68. The average Bonchev–Trinajstić information content (AvgIpc) is 3.02. The first kappa shape index (κ1) is 16.3. The van der Waals surface area contributed by atoms with E-state index in [1.807, 2.05) is 0 Å². The van der Waals surface area contributed by atoms with Crippen molar-refractivity contribution in [3.05, 3.63) is 0 Å². The molecule has 2 bridgehead atoms. The second-order valence-electron chi connectivity index (χ2n) is 7.89. The number of amides is 1. The summed E-state index contributed by atoms with van der Waals surface area (Å²) in [6.45, 7) is 7.47. The molecule has 3 aliphatic rings. The summed E-state index contributed by atoms with van der Waals surface area (Å²) in [5.74, 6) is -0.352. The van der Waals surface area contributed by atoms with Crippen molar-refractivity contribution < 1.29 is 14.3 Å². The van der Waals surface area contributed by atoms with Crippen molar-refractivity contribution in [1.29, 1.82) is 5.26 Å². The molecule has 126 valence electrons. The number of fused-ring (bicyclic) bond motifs is 2. The molecule has 1 aliphatic carbocycles. The molecule has 3 rings (SSSR count). The molecule has 1 unspecified atom stereocenters. The molecule has 0 aromatic heterocycles. The molecule has 0 aromatic rings. The van der Waals surface area contributed by atoms with Crippen molar-refractivity contribution in [2.75, 3.05) is 19.7 Å². The number of rotatable bonds is 3. The topological polar surface area (TPSA) is 82.4 Å². The standard InChI is InChI=1S/C17H25N3O3/c1-15(2)16(3)6-7-17(15,14(22)23-11-16)19-10-13(21)20-8-4-5-12(20)9-18/h12,19H,4-8,10-11H2,1-3H3/t12?,16-,17-/m0/s1. The average molecular weight is 319 g/mol. The van der Waals surface area contributed by atoms with Crippen molar-refractivity contribution in [1.82, 2.24) is 10.2 Å². The normalized spacial score (nSPS) is 38.3. The van der Waals surface area contributed by atoms with E-state index in [-0.39, 0.29) is 35.3 Å². The van der Waals surface area contributed by atoms with Crippen molar-refractivity contribution >= 4 is 11.9 Å². The van der Waals surface area contributed by atoms with Gasteiger partial charge in [-0.05, 0) is 25.7 Å². The lowest BCUT2D eigenvalue weighted by Crippen LogP contribution is -2.67. The monoisotopic (exact) mass is 319 g/mol. The minimum atomic E-state index is -0.808. The van der Waals surface area contributed by atoms with Gasteiger partial charge in [-0.25, -0.2) is 0 Å². The molecule has 23 heavy (non-hydrogen) atoms. The Hall–Kier alpha value is -1.61. The second kappa shape index (κ2) is 5.20. The fourth-order valence-electron chi connectivity index (χ4n) is 4.47. The van der Waals surface area contributed by atoms with Crippen molar-refractivity contribution in [3.8, 4) is 6.07 Å². The van der Waals surface area contributed by atoms with E-state index in [1.165, 1.54) is 0 Å². The van der Waals surface area contributed by atoms with Gasteiger partial charge in [0.05, 0.1) is 19.2 Å². The number of nitriles is 1. The van der Waals surface area contributed by atoms with Crippen LogP contribution >= 0.6 is 0 Å². The largest absolute Gasteiger partial charge is 0.464 e. The smallest absolute Gasteiger partial charge is 0.326 e. The summed E-state index contributed by atoms with van der Waals surface area (Å²) in [6, 6.07) is 1.85. The number of likely N-dealkylation sites (tertiary alicyclic amines) is 1. The minimum absolute atomic E-state index is 0.0697. The number of carbonyl (C=O) groups is 2. The van der Waals surface area contributed by atoms with E-state index in [0.29, 0.717) is 19.6 Å². The van der Waals surface area contributed by atoms with Gasteiger partial charge in [0.1, 0.15) is 11.6 Å². The van der Waals surface area contributed by atoms with Crippen molar-refractivity contribution in [2.45, 2.75) is 58.0 Å². The van der Waals surface area contributed by atoms with Gasteiger partial charge in [0.15, 0.2) is 0 Å². The maximum Gasteiger partial charge on any atom is 0.326 e. The lowest BCUT2D eigenvalue weighted by atomic mass is 9.61. The number of cyclic esters (lactones) is 1. The fourth-order valence-corrected chi connectivity index (χ4v) is 4.47. The van der Waals surface area contributed by atoms with Crippen LogP contribution in [0.15, 0.2) is 0 Å². The molecule has 3 atom stereocenters. The van der Waals surface area contributed by atoms with E-state index in [1.54, 1.807) is 4.90 Å². The summed E-state index contributed by atoms with van der Waals surface area (Å²) in [7, 11) is 0. The summed E-state index contributed by atoms with van der Waals surface area (Å²) in [5, 5.41) is 12.4. The predicted octanol–water partition coefficient (Wildman–Crippen LogP) is 1.21. The molecule has 6 heteroatoms. The summed E-state index contributed by atoms with van der Waals surface area (Å²) >= 11 is 0. The third-order valence-electron chi connectivity index (χ3n) is 6.76. The Labute approximate surface area is 137 Å². The Morgan fingerprint density at radius 3 is 2.87 bits per heavy atom. The molecule has 1 saturated carbocycles. The van der Waals surface area contributed by atoms with Crippen LogP contribution in [0.3, 0.4) is 0 Å². The Balaban J connectivity index is 1.75. The molecule has 3 fully saturated rings. The molecular formula is C17H25N3O3. The number of carbonyl (C=O) groups excluding carboxylic acids is 2. The molecule has 6 nitrogen and oxygen atoms in total. The van der Waals surface area contributed by atoms with Crippen LogP contribution in [0.1, 0.15) is 46.5 Å². The third kappa shape index (κ3) is 2.09. The van der Waals surface area contributed by atoms with Crippen LogP contribution in [-0.2, 0) is 14.3 Å². The van der Waals surface area contributed by atoms with Crippen LogP contribution in [-0.4, -0.2) is 48.1 Å². The number of ether oxygens (including phenoxy) is 1. The molecule has 2 aliphatic heterocycles. The Bertz CT molecular complexity index is 582. The maximum atomic E-state index is 12.5. The SMILES string of the molecule is CC1(C)[C@@]2(C)CC[C@]1(NCC(=O)N1CCCC1C#N)C(=O)OC2. The van der Waals surface area contributed by atoms with Gasteiger partial charge in [0.25, 0.3) is 0 Å². The third-order valence-corrected chi connectivity index (χ3v) is 6.76. The Morgan fingerprint density at radius 1 is 1.43 bits per heavy atom. The molecule has 2 heterocycles. The molecule has 0 aromatic carbocycles. The van der Waals surface area contributed by atoms with Gasteiger partial charge in [-0.1, -0.05) is 20.8 Å². The number of esters is 1. The lowest BCUT2D eigenvalue weighted by molar-refractivity contribution is -0.177. The van der Waals surface area contributed by atoms with Gasteiger partial charge < -0.3 is 9.64 Å². The molecule has 1 N–H and O–H groups in total. The zero-order valence-electron chi connectivity index (χ0n) is 14.1. The highest BCUT2D eigenvalue weighted by Crippen LogP contribution is 2.60. The molecule has 2 saturated heterocycles. The van der Waals surface area contributed by atoms with Crippen molar-refractivity contribution in [3.63, 3.8) is 0 Å². The second-order valence-corrected chi connectivity index (χ2v) is 7.89. The van der Waals surface area contributed by atoms with Crippen LogP contribution in [0.25, 0.3) is 0 Å². The van der Waals surface area contributed by atoms with Crippen LogP contribution in [0.4, 0.5) is 0 Å². The first-order chi connectivity index (χ1) is 10.8. The van der Waals surface area contributed by atoms with Gasteiger partial charge in [-0.2, -0.15) is 5.26 Å². The number of nitrogens with one attached hydrogen (secondary N) is 1.